The lowest BCUT2D eigenvalue weighted by Gasteiger charge is -2.62. The van der Waals surface area contributed by atoms with E-state index < -0.39 is 12.3 Å². The van der Waals surface area contributed by atoms with Crippen molar-refractivity contribution >= 4 is 11.3 Å². The van der Waals surface area contributed by atoms with E-state index in [0.29, 0.717) is 23.3 Å². The Balaban J connectivity index is 1.02. The largest absolute Gasteiger partial charge is 0.364 e. The van der Waals surface area contributed by atoms with E-state index in [-0.39, 0.29) is 13.1 Å². The van der Waals surface area contributed by atoms with E-state index in [2.05, 4.69) is 37.3 Å². The smallest absolute Gasteiger partial charge is 0.150 e. The SMILES string of the molecule is FC1CN(c2cncc(-c3cn(Cc4cn5cc(CNCC67CC(C6)C7)ccc5n4)nn3)c2)CC1F. The van der Waals surface area contributed by atoms with Crippen LogP contribution < -0.4 is 10.2 Å². The fourth-order valence-electron chi connectivity index (χ4n) is 5.97. The first kappa shape index (κ1) is 21.8. The topological polar surface area (TPSA) is 76.2 Å². The molecule has 5 heterocycles. The molecule has 4 aromatic heterocycles. The lowest BCUT2D eigenvalue weighted by Crippen LogP contribution is -2.56. The summed E-state index contributed by atoms with van der Waals surface area (Å²) in [6, 6.07) is 6.03. The first-order valence-corrected chi connectivity index (χ1v) is 12.6. The van der Waals surface area contributed by atoms with Crippen LogP contribution in [0.1, 0.15) is 30.5 Å². The van der Waals surface area contributed by atoms with Gasteiger partial charge in [-0.15, -0.1) is 5.10 Å². The molecule has 0 spiro atoms. The zero-order chi connectivity index (χ0) is 24.3. The third-order valence-corrected chi connectivity index (χ3v) is 7.99. The second-order valence-corrected chi connectivity index (χ2v) is 10.8. The fourth-order valence-corrected chi connectivity index (χ4v) is 5.97. The van der Waals surface area contributed by atoms with Crippen LogP contribution in [0.4, 0.5) is 14.5 Å². The molecule has 2 unspecified atom stereocenters. The van der Waals surface area contributed by atoms with Crippen molar-refractivity contribution in [2.24, 2.45) is 11.3 Å². The van der Waals surface area contributed by atoms with Crippen LogP contribution in [0.15, 0.2) is 49.2 Å². The molecule has 1 N–H and O–H groups in total. The molecule has 3 saturated carbocycles. The first-order valence-electron chi connectivity index (χ1n) is 12.6. The predicted molar refractivity (Wildman–Crippen MR) is 131 cm³/mol. The normalized spacial score (nSPS) is 26.8. The highest BCUT2D eigenvalue weighted by atomic mass is 19.2. The number of imidazole rings is 1. The zero-order valence-electron chi connectivity index (χ0n) is 19.9. The highest BCUT2D eigenvalue weighted by Gasteiger charge is 2.55. The molecule has 4 aliphatic rings. The van der Waals surface area contributed by atoms with Crippen molar-refractivity contribution in [3.8, 4) is 11.3 Å². The van der Waals surface area contributed by atoms with Crippen molar-refractivity contribution in [1.29, 1.82) is 0 Å². The number of aromatic nitrogens is 6. The molecule has 4 fully saturated rings. The third kappa shape index (κ3) is 3.93. The number of pyridine rings is 2. The molecule has 186 valence electrons. The van der Waals surface area contributed by atoms with Crippen LogP contribution in [0.5, 0.6) is 0 Å². The maximum atomic E-state index is 13.6. The number of hydrogen-bond acceptors (Lipinski definition) is 6. The summed E-state index contributed by atoms with van der Waals surface area (Å²) in [4.78, 5) is 10.6. The number of halogens is 2. The summed E-state index contributed by atoms with van der Waals surface area (Å²) < 4.78 is 31.1. The van der Waals surface area contributed by atoms with Crippen LogP contribution in [-0.2, 0) is 13.1 Å². The summed E-state index contributed by atoms with van der Waals surface area (Å²) in [5.41, 5.74) is 5.71. The lowest BCUT2D eigenvalue weighted by molar-refractivity contribution is -0.103. The molecule has 1 saturated heterocycles. The summed E-state index contributed by atoms with van der Waals surface area (Å²) in [5, 5.41) is 12.2. The van der Waals surface area contributed by atoms with Gasteiger partial charge in [-0.25, -0.2) is 18.4 Å². The third-order valence-electron chi connectivity index (χ3n) is 7.99. The van der Waals surface area contributed by atoms with Crippen molar-refractivity contribution in [1.82, 2.24) is 34.7 Å². The van der Waals surface area contributed by atoms with Gasteiger partial charge < -0.3 is 14.6 Å². The van der Waals surface area contributed by atoms with Gasteiger partial charge in [-0.3, -0.25) is 4.98 Å². The van der Waals surface area contributed by atoms with E-state index in [1.807, 2.05) is 24.5 Å². The lowest BCUT2D eigenvalue weighted by atomic mass is 9.44. The quantitative estimate of drug-likeness (QED) is 0.408. The number of nitrogens with zero attached hydrogens (tertiary/aromatic N) is 7. The van der Waals surface area contributed by atoms with Gasteiger partial charge in [0.2, 0.25) is 0 Å². The summed E-state index contributed by atoms with van der Waals surface area (Å²) in [5.74, 6) is 1.02. The van der Waals surface area contributed by atoms with Gasteiger partial charge in [0.1, 0.15) is 11.3 Å². The monoisotopic (exact) mass is 490 g/mol. The van der Waals surface area contributed by atoms with Crippen LogP contribution >= 0.6 is 0 Å². The minimum atomic E-state index is -1.47. The minimum absolute atomic E-state index is 0.0336. The molecule has 8 nitrogen and oxygen atoms in total. The average Bonchev–Trinajstić information content (AvgIpc) is 3.53. The van der Waals surface area contributed by atoms with Gasteiger partial charge in [0.25, 0.3) is 0 Å². The predicted octanol–water partition coefficient (Wildman–Crippen LogP) is 3.42. The number of anilines is 1. The number of alkyl halides is 2. The van der Waals surface area contributed by atoms with Crippen LogP contribution in [-0.4, -0.2) is 61.3 Å². The average molecular weight is 491 g/mol. The Hall–Kier alpha value is -3.40. The van der Waals surface area contributed by atoms with Crippen LogP contribution in [0, 0.1) is 11.3 Å². The molecule has 36 heavy (non-hydrogen) atoms. The second kappa shape index (κ2) is 8.33. The van der Waals surface area contributed by atoms with Gasteiger partial charge in [0, 0.05) is 37.2 Å². The van der Waals surface area contributed by atoms with Crippen molar-refractivity contribution in [2.75, 3.05) is 24.5 Å². The van der Waals surface area contributed by atoms with E-state index >= 15 is 0 Å². The van der Waals surface area contributed by atoms with Crippen molar-refractivity contribution in [3.05, 3.63) is 60.4 Å². The highest BCUT2D eigenvalue weighted by molar-refractivity contribution is 5.63. The molecule has 0 amide bonds. The van der Waals surface area contributed by atoms with Gasteiger partial charge in [0.05, 0.1) is 43.4 Å². The van der Waals surface area contributed by atoms with E-state index in [0.717, 1.165) is 35.9 Å². The van der Waals surface area contributed by atoms with Gasteiger partial charge in [-0.1, -0.05) is 11.3 Å². The molecule has 1 aliphatic heterocycles. The molecule has 10 heteroatoms. The van der Waals surface area contributed by atoms with E-state index in [1.54, 1.807) is 22.0 Å². The Morgan fingerprint density at radius 1 is 1.03 bits per heavy atom. The Morgan fingerprint density at radius 3 is 2.64 bits per heavy atom. The van der Waals surface area contributed by atoms with Crippen LogP contribution in [0.2, 0.25) is 0 Å². The molecule has 2 bridgehead atoms. The van der Waals surface area contributed by atoms with Gasteiger partial charge in [-0.05, 0) is 48.3 Å². The summed E-state index contributed by atoms with van der Waals surface area (Å²) in [6.07, 6.45) is 10.6. The van der Waals surface area contributed by atoms with Gasteiger partial charge in [-0.2, -0.15) is 0 Å². The first-order chi connectivity index (χ1) is 17.5. The Kier molecular flexibility index (Phi) is 5.06. The van der Waals surface area contributed by atoms with E-state index in [4.69, 9.17) is 4.98 Å². The van der Waals surface area contributed by atoms with E-state index in [9.17, 15) is 8.78 Å². The number of hydrogen-bond donors (Lipinski definition) is 1. The molecule has 2 atom stereocenters. The standard InChI is InChI=1S/C26H28F2N8/c27-22-13-34(14-23(22)28)21-3-19(8-29-9-21)24-15-36(33-32-24)12-20-11-35-10-17(1-2-25(35)31-20)7-30-16-26-4-18(5-26)6-26/h1-3,8-11,15,18,22-23,30H,4-7,12-14,16H2. The van der Waals surface area contributed by atoms with Crippen LogP contribution in [0.25, 0.3) is 16.9 Å². The molecule has 4 aromatic rings. The van der Waals surface area contributed by atoms with Crippen LogP contribution in [0.3, 0.4) is 0 Å². The summed E-state index contributed by atoms with van der Waals surface area (Å²) in [7, 11) is 0. The zero-order valence-corrected chi connectivity index (χ0v) is 19.9. The van der Waals surface area contributed by atoms with E-state index in [1.165, 1.54) is 24.8 Å². The molecule has 0 radical (unpaired) electrons. The molecule has 8 rings (SSSR count). The van der Waals surface area contributed by atoms with Crippen molar-refractivity contribution < 1.29 is 8.78 Å². The Labute approximate surface area is 207 Å². The maximum Gasteiger partial charge on any atom is 0.150 e. The van der Waals surface area contributed by atoms with Crippen molar-refractivity contribution in [2.45, 2.75) is 44.7 Å². The van der Waals surface area contributed by atoms with Crippen molar-refractivity contribution in [3.63, 3.8) is 0 Å². The van der Waals surface area contributed by atoms with Gasteiger partial charge >= 0.3 is 0 Å². The summed E-state index contributed by atoms with van der Waals surface area (Å²) in [6.45, 7) is 2.54. The molecular weight excluding hydrogens is 462 g/mol. The molecular formula is C26H28F2N8. The summed E-state index contributed by atoms with van der Waals surface area (Å²) >= 11 is 0. The highest BCUT2D eigenvalue weighted by Crippen LogP contribution is 2.63. The fraction of sp³-hybridized carbons (Fsp3) is 0.462. The Morgan fingerprint density at radius 2 is 1.86 bits per heavy atom. The molecule has 3 aliphatic carbocycles. The maximum absolute atomic E-state index is 13.6. The number of fused-ring (bicyclic) bond motifs is 1. The number of rotatable bonds is 8. The minimum Gasteiger partial charge on any atom is -0.364 e. The number of nitrogens with one attached hydrogen (secondary N) is 1. The molecule has 0 aromatic carbocycles. The second-order valence-electron chi connectivity index (χ2n) is 10.8. The van der Waals surface area contributed by atoms with Gasteiger partial charge in [0.15, 0.2) is 12.3 Å². The Bertz CT molecular complexity index is 1390.